The van der Waals surface area contributed by atoms with Gasteiger partial charge in [-0.05, 0) is 30.0 Å². The summed E-state index contributed by atoms with van der Waals surface area (Å²) in [7, 11) is 0. The van der Waals surface area contributed by atoms with Crippen molar-refractivity contribution in [2.75, 3.05) is 0 Å². The molecule has 2 aromatic heterocycles. The van der Waals surface area contributed by atoms with Crippen molar-refractivity contribution in [2.45, 2.75) is 33.1 Å². The van der Waals surface area contributed by atoms with Crippen LogP contribution in [0.3, 0.4) is 0 Å². The predicted octanol–water partition coefficient (Wildman–Crippen LogP) is 3.31. The molecule has 0 saturated carbocycles. The molecule has 0 radical (unpaired) electrons. The third-order valence-corrected chi connectivity index (χ3v) is 3.96. The number of hydrogen-bond acceptors (Lipinski definition) is 3. The lowest BCUT2D eigenvalue weighted by Gasteiger charge is -2.05. The molecule has 3 aromatic rings. The zero-order valence-corrected chi connectivity index (χ0v) is 13.4. The van der Waals surface area contributed by atoms with Gasteiger partial charge in [-0.1, -0.05) is 44.2 Å². The van der Waals surface area contributed by atoms with Crippen LogP contribution in [-0.2, 0) is 19.3 Å². The van der Waals surface area contributed by atoms with Crippen LogP contribution < -0.4 is 0 Å². The van der Waals surface area contributed by atoms with Crippen molar-refractivity contribution in [3.05, 3.63) is 71.3 Å². The van der Waals surface area contributed by atoms with Crippen LogP contribution in [0.2, 0.25) is 0 Å². The first-order valence-electron chi connectivity index (χ1n) is 7.92. The van der Waals surface area contributed by atoms with Gasteiger partial charge in [0.15, 0.2) is 0 Å². The Morgan fingerprint density at radius 1 is 1.09 bits per heavy atom. The summed E-state index contributed by atoms with van der Waals surface area (Å²) in [6.45, 7) is 4.16. The number of hydrogen-bond donors (Lipinski definition) is 0. The standard InChI is InChI=1S/C18H20N4O/c1-3-15-16(13-14-9-6-5-7-10-14)20-22(17(15)4-2)18(23)21-12-8-11-19-21/h5-12H,3-4,13H2,1-2H3. The number of aromatic nitrogens is 4. The van der Waals surface area contributed by atoms with Crippen LogP contribution in [0.4, 0.5) is 4.79 Å². The second kappa shape index (κ2) is 6.60. The number of benzene rings is 1. The predicted molar refractivity (Wildman–Crippen MR) is 88.7 cm³/mol. The Balaban J connectivity index is 2.02. The van der Waals surface area contributed by atoms with E-state index < -0.39 is 0 Å². The van der Waals surface area contributed by atoms with Crippen LogP contribution in [0, 0.1) is 0 Å². The lowest BCUT2D eigenvalue weighted by Crippen LogP contribution is -2.23. The summed E-state index contributed by atoms with van der Waals surface area (Å²) in [5, 5.41) is 8.63. The molecule has 0 bridgehead atoms. The largest absolute Gasteiger partial charge is 0.369 e. The topological polar surface area (TPSA) is 52.7 Å². The lowest BCUT2D eigenvalue weighted by atomic mass is 10.0. The van der Waals surface area contributed by atoms with Gasteiger partial charge in [0.2, 0.25) is 0 Å². The minimum absolute atomic E-state index is 0.235. The molecule has 0 atom stereocenters. The Kier molecular flexibility index (Phi) is 4.37. The first kappa shape index (κ1) is 15.2. The molecule has 5 nitrogen and oxygen atoms in total. The molecule has 0 amide bonds. The van der Waals surface area contributed by atoms with Crippen molar-refractivity contribution in [1.29, 1.82) is 0 Å². The third kappa shape index (κ3) is 2.95. The van der Waals surface area contributed by atoms with Crippen molar-refractivity contribution < 1.29 is 4.79 Å². The maximum absolute atomic E-state index is 12.6. The highest BCUT2D eigenvalue weighted by atomic mass is 16.2. The molecule has 0 N–H and O–H groups in total. The van der Waals surface area contributed by atoms with Crippen LogP contribution in [0.5, 0.6) is 0 Å². The molecule has 23 heavy (non-hydrogen) atoms. The van der Waals surface area contributed by atoms with E-state index in [4.69, 9.17) is 0 Å². The minimum atomic E-state index is -0.235. The summed E-state index contributed by atoms with van der Waals surface area (Å²) in [5.41, 5.74) is 4.30. The Morgan fingerprint density at radius 2 is 1.87 bits per heavy atom. The second-order valence-corrected chi connectivity index (χ2v) is 5.39. The minimum Gasteiger partial charge on any atom is -0.244 e. The highest BCUT2D eigenvalue weighted by Gasteiger charge is 2.20. The number of carbonyl (C=O) groups excluding carboxylic acids is 1. The average molecular weight is 308 g/mol. The van der Waals surface area contributed by atoms with E-state index in [1.54, 1.807) is 18.5 Å². The molecule has 0 saturated heterocycles. The van der Waals surface area contributed by atoms with E-state index in [0.717, 1.165) is 36.2 Å². The fourth-order valence-electron chi connectivity index (χ4n) is 2.88. The molecular formula is C18H20N4O. The van der Waals surface area contributed by atoms with E-state index in [9.17, 15) is 4.79 Å². The van der Waals surface area contributed by atoms with Crippen molar-refractivity contribution >= 4 is 6.03 Å². The van der Waals surface area contributed by atoms with Crippen LogP contribution in [0.15, 0.2) is 48.8 Å². The molecule has 3 rings (SSSR count). The van der Waals surface area contributed by atoms with Crippen LogP contribution in [0.25, 0.3) is 0 Å². The third-order valence-electron chi connectivity index (χ3n) is 3.96. The van der Waals surface area contributed by atoms with Crippen molar-refractivity contribution in [3.8, 4) is 0 Å². The molecule has 0 aliphatic rings. The summed E-state index contributed by atoms with van der Waals surface area (Å²) in [4.78, 5) is 12.6. The summed E-state index contributed by atoms with van der Waals surface area (Å²) in [6, 6.07) is 11.7. The van der Waals surface area contributed by atoms with E-state index in [0.29, 0.717) is 0 Å². The van der Waals surface area contributed by atoms with E-state index >= 15 is 0 Å². The van der Waals surface area contributed by atoms with Gasteiger partial charge in [0.1, 0.15) is 0 Å². The van der Waals surface area contributed by atoms with Gasteiger partial charge in [0.05, 0.1) is 11.4 Å². The Hall–Kier alpha value is -2.69. The van der Waals surface area contributed by atoms with Gasteiger partial charge in [0.25, 0.3) is 0 Å². The fraction of sp³-hybridized carbons (Fsp3) is 0.278. The number of carbonyl (C=O) groups is 1. The van der Waals surface area contributed by atoms with Gasteiger partial charge in [-0.2, -0.15) is 19.6 Å². The quantitative estimate of drug-likeness (QED) is 0.743. The van der Waals surface area contributed by atoms with Crippen LogP contribution in [0.1, 0.15) is 36.4 Å². The Bertz CT molecular complexity index is 788. The van der Waals surface area contributed by atoms with E-state index in [1.807, 2.05) is 18.2 Å². The zero-order chi connectivity index (χ0) is 16.2. The molecule has 0 aliphatic carbocycles. The lowest BCUT2D eigenvalue weighted by molar-refractivity contribution is 0.237. The molecular weight excluding hydrogens is 288 g/mol. The molecule has 0 spiro atoms. The summed E-state index contributed by atoms with van der Waals surface area (Å²) < 4.78 is 2.82. The van der Waals surface area contributed by atoms with E-state index in [1.165, 1.54) is 14.9 Å². The molecule has 0 unspecified atom stereocenters. The maximum atomic E-state index is 12.6. The fourth-order valence-corrected chi connectivity index (χ4v) is 2.88. The van der Waals surface area contributed by atoms with Crippen molar-refractivity contribution in [1.82, 2.24) is 19.6 Å². The smallest absolute Gasteiger partial charge is 0.244 e. The summed E-state index contributed by atoms with van der Waals surface area (Å²) >= 11 is 0. The van der Waals surface area contributed by atoms with Gasteiger partial charge < -0.3 is 0 Å². The monoisotopic (exact) mass is 308 g/mol. The normalized spacial score (nSPS) is 10.9. The van der Waals surface area contributed by atoms with Crippen LogP contribution >= 0.6 is 0 Å². The van der Waals surface area contributed by atoms with Gasteiger partial charge in [0, 0.05) is 18.8 Å². The first-order chi connectivity index (χ1) is 11.2. The molecule has 0 aliphatic heterocycles. The van der Waals surface area contributed by atoms with E-state index in [2.05, 4.69) is 36.2 Å². The van der Waals surface area contributed by atoms with Gasteiger partial charge >= 0.3 is 6.03 Å². The van der Waals surface area contributed by atoms with Crippen molar-refractivity contribution in [3.63, 3.8) is 0 Å². The van der Waals surface area contributed by atoms with Gasteiger partial charge in [-0.3, -0.25) is 0 Å². The summed E-state index contributed by atoms with van der Waals surface area (Å²) in [6.07, 6.45) is 5.59. The molecule has 118 valence electrons. The first-order valence-corrected chi connectivity index (χ1v) is 7.92. The molecule has 0 fully saturated rings. The second-order valence-electron chi connectivity index (χ2n) is 5.39. The SMILES string of the molecule is CCc1c(Cc2ccccc2)nn(C(=O)n2cccn2)c1CC. The molecule has 1 aromatic carbocycles. The van der Waals surface area contributed by atoms with Crippen LogP contribution in [-0.4, -0.2) is 25.6 Å². The Labute approximate surface area is 135 Å². The number of rotatable bonds is 4. The van der Waals surface area contributed by atoms with Crippen molar-refractivity contribution in [2.24, 2.45) is 0 Å². The highest BCUT2D eigenvalue weighted by molar-refractivity contribution is 5.78. The molecule has 5 heteroatoms. The van der Waals surface area contributed by atoms with Gasteiger partial charge in [-0.15, -0.1) is 0 Å². The maximum Gasteiger partial charge on any atom is 0.369 e. The van der Waals surface area contributed by atoms with E-state index in [-0.39, 0.29) is 6.03 Å². The molecule has 2 heterocycles. The van der Waals surface area contributed by atoms with Gasteiger partial charge in [-0.25, -0.2) is 4.79 Å². The summed E-state index contributed by atoms with van der Waals surface area (Å²) in [5.74, 6) is 0. The average Bonchev–Trinajstić information content (AvgIpc) is 3.22. The Morgan fingerprint density at radius 3 is 2.48 bits per heavy atom. The highest BCUT2D eigenvalue weighted by Crippen LogP contribution is 2.20. The zero-order valence-electron chi connectivity index (χ0n) is 13.4. The number of nitrogens with zero attached hydrogens (tertiary/aromatic N) is 4.